The Labute approximate surface area is 110 Å². The lowest BCUT2D eigenvalue weighted by Crippen LogP contribution is -2.36. The van der Waals surface area contributed by atoms with Gasteiger partial charge in [-0.1, -0.05) is 12.5 Å². The zero-order valence-corrected chi connectivity index (χ0v) is 11.2. The van der Waals surface area contributed by atoms with Crippen LogP contribution in [0.4, 0.5) is 0 Å². The lowest BCUT2D eigenvalue weighted by molar-refractivity contribution is -0.148. The molecule has 1 aromatic heterocycles. The maximum Gasteiger partial charge on any atom is 0.307 e. The first-order chi connectivity index (χ1) is 8.59. The van der Waals surface area contributed by atoms with Gasteiger partial charge in [-0.15, -0.1) is 11.3 Å². The van der Waals surface area contributed by atoms with Crippen LogP contribution in [0.1, 0.15) is 24.1 Å². The summed E-state index contributed by atoms with van der Waals surface area (Å²) in [4.78, 5) is 26.1. The van der Waals surface area contributed by atoms with Crippen molar-refractivity contribution < 1.29 is 14.7 Å². The molecule has 0 aliphatic heterocycles. The van der Waals surface area contributed by atoms with E-state index in [1.165, 1.54) is 0 Å². The zero-order chi connectivity index (χ0) is 13.1. The van der Waals surface area contributed by atoms with Crippen molar-refractivity contribution in [3.8, 4) is 0 Å². The summed E-state index contributed by atoms with van der Waals surface area (Å²) in [5.74, 6) is -1.71. The number of hydrogen-bond acceptors (Lipinski definition) is 3. The van der Waals surface area contributed by atoms with Crippen molar-refractivity contribution in [2.45, 2.75) is 25.8 Å². The molecule has 0 aromatic carbocycles. The Morgan fingerprint density at radius 3 is 2.78 bits per heavy atom. The first kappa shape index (κ1) is 13.1. The molecular weight excluding hydrogens is 250 g/mol. The van der Waals surface area contributed by atoms with E-state index in [2.05, 4.69) is 0 Å². The summed E-state index contributed by atoms with van der Waals surface area (Å²) in [7, 11) is 1.75. The molecule has 0 radical (unpaired) electrons. The van der Waals surface area contributed by atoms with Gasteiger partial charge in [-0.2, -0.15) is 0 Å². The second-order valence-electron chi connectivity index (χ2n) is 4.76. The van der Waals surface area contributed by atoms with Gasteiger partial charge in [0.1, 0.15) is 0 Å². The van der Waals surface area contributed by atoms with Gasteiger partial charge in [-0.05, 0) is 24.3 Å². The van der Waals surface area contributed by atoms with Gasteiger partial charge in [0.05, 0.1) is 18.4 Å². The molecule has 1 aliphatic carbocycles. The summed E-state index contributed by atoms with van der Waals surface area (Å²) in [6, 6.07) is 3.94. The van der Waals surface area contributed by atoms with E-state index in [1.54, 1.807) is 23.3 Å². The van der Waals surface area contributed by atoms with Gasteiger partial charge in [-0.25, -0.2) is 0 Å². The molecule has 1 amide bonds. The Hall–Kier alpha value is -1.36. The number of aliphatic carboxylic acids is 1. The first-order valence-electron chi connectivity index (χ1n) is 6.09. The van der Waals surface area contributed by atoms with E-state index < -0.39 is 11.9 Å². The smallest absolute Gasteiger partial charge is 0.307 e. The van der Waals surface area contributed by atoms with Crippen LogP contribution >= 0.6 is 11.3 Å². The minimum absolute atomic E-state index is 0.0340. The highest BCUT2D eigenvalue weighted by atomic mass is 32.1. The molecule has 4 nitrogen and oxygen atoms in total. The molecule has 1 heterocycles. The van der Waals surface area contributed by atoms with Crippen molar-refractivity contribution >= 4 is 23.2 Å². The van der Waals surface area contributed by atoms with E-state index in [0.717, 1.165) is 11.3 Å². The number of hydrogen-bond donors (Lipinski definition) is 1. The number of amides is 1. The Morgan fingerprint density at radius 2 is 2.17 bits per heavy atom. The first-order valence-corrected chi connectivity index (χ1v) is 6.97. The van der Waals surface area contributed by atoms with Crippen molar-refractivity contribution in [1.29, 1.82) is 0 Å². The van der Waals surface area contributed by atoms with Crippen LogP contribution in [-0.4, -0.2) is 28.9 Å². The van der Waals surface area contributed by atoms with Crippen molar-refractivity contribution in [3.05, 3.63) is 22.4 Å². The standard InChI is InChI=1S/C13H17NO3S/c1-14(8-9-4-3-7-18-9)12(15)10-5-2-6-11(10)13(16)17/h3-4,7,10-11H,2,5-6,8H2,1H3,(H,16,17). The predicted molar refractivity (Wildman–Crippen MR) is 69.3 cm³/mol. The Kier molecular flexibility index (Phi) is 4.01. The molecule has 0 bridgehead atoms. The highest BCUT2D eigenvalue weighted by Gasteiger charge is 2.38. The number of carboxylic acids is 1. The van der Waals surface area contributed by atoms with Crippen LogP contribution < -0.4 is 0 Å². The number of carbonyl (C=O) groups is 2. The van der Waals surface area contributed by atoms with E-state index >= 15 is 0 Å². The van der Waals surface area contributed by atoms with Crippen LogP contribution in [0.15, 0.2) is 17.5 Å². The summed E-state index contributed by atoms with van der Waals surface area (Å²) in [5, 5.41) is 11.1. The number of carbonyl (C=O) groups excluding carboxylic acids is 1. The van der Waals surface area contributed by atoms with Crippen molar-refractivity contribution in [3.63, 3.8) is 0 Å². The second kappa shape index (κ2) is 5.52. The van der Waals surface area contributed by atoms with E-state index in [1.807, 2.05) is 17.5 Å². The van der Waals surface area contributed by atoms with Crippen LogP contribution in [0.5, 0.6) is 0 Å². The molecule has 2 unspecified atom stereocenters. The average molecular weight is 267 g/mol. The summed E-state index contributed by atoms with van der Waals surface area (Å²) in [6.45, 7) is 0.569. The van der Waals surface area contributed by atoms with E-state index in [9.17, 15) is 9.59 Å². The summed E-state index contributed by atoms with van der Waals surface area (Å²) >= 11 is 1.61. The summed E-state index contributed by atoms with van der Waals surface area (Å²) in [5.41, 5.74) is 0. The van der Waals surface area contributed by atoms with Gasteiger partial charge in [0.25, 0.3) is 0 Å². The summed E-state index contributed by atoms with van der Waals surface area (Å²) < 4.78 is 0. The van der Waals surface area contributed by atoms with Crippen molar-refractivity contribution in [2.75, 3.05) is 7.05 Å². The van der Waals surface area contributed by atoms with Crippen LogP contribution in [0.25, 0.3) is 0 Å². The third kappa shape index (κ3) is 2.72. The minimum atomic E-state index is -0.838. The van der Waals surface area contributed by atoms with Crippen LogP contribution in [0, 0.1) is 11.8 Å². The molecule has 0 saturated heterocycles. The van der Waals surface area contributed by atoms with Crippen LogP contribution in [0.3, 0.4) is 0 Å². The van der Waals surface area contributed by atoms with Crippen molar-refractivity contribution in [2.24, 2.45) is 11.8 Å². The lowest BCUT2D eigenvalue weighted by Gasteiger charge is -2.22. The highest BCUT2D eigenvalue weighted by molar-refractivity contribution is 7.09. The maximum absolute atomic E-state index is 12.3. The van der Waals surface area contributed by atoms with Crippen LogP contribution in [0.2, 0.25) is 0 Å². The minimum Gasteiger partial charge on any atom is -0.481 e. The van der Waals surface area contributed by atoms with Gasteiger partial charge in [0.15, 0.2) is 0 Å². The van der Waals surface area contributed by atoms with Crippen LogP contribution in [-0.2, 0) is 16.1 Å². The van der Waals surface area contributed by atoms with Gasteiger partial charge in [-0.3, -0.25) is 9.59 Å². The fourth-order valence-electron chi connectivity index (χ4n) is 2.55. The van der Waals surface area contributed by atoms with E-state index in [0.29, 0.717) is 19.4 Å². The molecule has 1 fully saturated rings. The zero-order valence-electron chi connectivity index (χ0n) is 10.3. The molecule has 98 valence electrons. The summed E-state index contributed by atoms with van der Waals surface area (Å²) in [6.07, 6.45) is 2.16. The molecule has 1 aromatic rings. The molecule has 18 heavy (non-hydrogen) atoms. The van der Waals surface area contributed by atoms with Gasteiger partial charge >= 0.3 is 5.97 Å². The monoisotopic (exact) mass is 267 g/mol. The number of rotatable bonds is 4. The SMILES string of the molecule is CN(Cc1cccs1)C(=O)C1CCCC1C(=O)O. The Balaban J connectivity index is 1.99. The van der Waals surface area contributed by atoms with Gasteiger partial charge < -0.3 is 10.0 Å². The number of nitrogens with zero attached hydrogens (tertiary/aromatic N) is 1. The Bertz CT molecular complexity index is 429. The fraction of sp³-hybridized carbons (Fsp3) is 0.538. The number of thiophene rings is 1. The van der Waals surface area contributed by atoms with E-state index in [4.69, 9.17) is 5.11 Å². The molecule has 5 heteroatoms. The molecular formula is C13H17NO3S. The third-order valence-electron chi connectivity index (χ3n) is 3.50. The Morgan fingerprint density at radius 1 is 1.44 bits per heavy atom. The van der Waals surface area contributed by atoms with Gasteiger partial charge in [0.2, 0.25) is 5.91 Å². The molecule has 1 aliphatic rings. The molecule has 0 spiro atoms. The molecule has 1 N–H and O–H groups in total. The topological polar surface area (TPSA) is 57.6 Å². The predicted octanol–water partition coefficient (Wildman–Crippen LogP) is 2.21. The molecule has 1 saturated carbocycles. The molecule has 2 rings (SSSR count). The quantitative estimate of drug-likeness (QED) is 0.910. The van der Waals surface area contributed by atoms with Crippen molar-refractivity contribution in [1.82, 2.24) is 4.90 Å². The van der Waals surface area contributed by atoms with E-state index in [-0.39, 0.29) is 11.8 Å². The maximum atomic E-state index is 12.3. The van der Waals surface area contributed by atoms with Gasteiger partial charge in [0, 0.05) is 11.9 Å². The highest BCUT2D eigenvalue weighted by Crippen LogP contribution is 2.33. The normalized spacial score (nSPS) is 22.9. The third-order valence-corrected chi connectivity index (χ3v) is 4.36. The fourth-order valence-corrected chi connectivity index (χ4v) is 3.31. The lowest BCUT2D eigenvalue weighted by atomic mass is 9.95. The average Bonchev–Trinajstić information content (AvgIpc) is 2.97. The second-order valence-corrected chi connectivity index (χ2v) is 5.79. The number of carboxylic acid groups (broad SMARTS) is 1. The molecule has 2 atom stereocenters. The largest absolute Gasteiger partial charge is 0.481 e.